The summed E-state index contributed by atoms with van der Waals surface area (Å²) in [6.07, 6.45) is -3.90. The van der Waals surface area contributed by atoms with Gasteiger partial charge in [0, 0.05) is 11.7 Å². The van der Waals surface area contributed by atoms with Crippen LogP contribution in [0, 0.1) is 0 Å². The fourth-order valence-corrected chi connectivity index (χ4v) is 2.76. The molecule has 4 nitrogen and oxygen atoms in total. The lowest BCUT2D eigenvalue weighted by molar-refractivity contribution is -0.137. The number of carboxylic acid groups (broad SMARTS) is 1. The molecular formula is C13H16F3NO3S. The van der Waals surface area contributed by atoms with Crippen LogP contribution in [0.3, 0.4) is 0 Å². The molecule has 0 heterocycles. The van der Waals surface area contributed by atoms with Crippen LogP contribution < -0.4 is 5.32 Å². The quantitative estimate of drug-likeness (QED) is 0.753. The molecule has 0 radical (unpaired) electrons. The molecule has 118 valence electrons. The van der Waals surface area contributed by atoms with E-state index in [9.17, 15) is 23.1 Å². The Morgan fingerprint density at radius 2 is 1.90 bits per heavy atom. The van der Waals surface area contributed by atoms with Gasteiger partial charge in [-0.25, -0.2) is 4.79 Å². The number of halogens is 3. The van der Waals surface area contributed by atoms with Crippen molar-refractivity contribution in [3.05, 3.63) is 35.4 Å². The summed E-state index contributed by atoms with van der Waals surface area (Å²) in [5, 5.41) is 20.2. The predicted octanol–water partition coefficient (Wildman–Crippen LogP) is 2.78. The maximum Gasteiger partial charge on any atom is 0.416 e. The molecule has 1 rings (SSSR count). The molecule has 0 aliphatic carbocycles. The Hall–Kier alpha value is -1.41. The fourth-order valence-electron chi connectivity index (χ4n) is 1.98. The van der Waals surface area contributed by atoms with Crippen molar-refractivity contribution in [2.24, 2.45) is 0 Å². The molecule has 1 aromatic rings. The molecule has 0 bridgehead atoms. The van der Waals surface area contributed by atoms with E-state index >= 15 is 0 Å². The summed E-state index contributed by atoms with van der Waals surface area (Å²) in [7, 11) is 0. The number of amides is 1. The van der Waals surface area contributed by atoms with E-state index in [0.717, 1.165) is 12.1 Å². The highest BCUT2D eigenvalue weighted by atomic mass is 32.2. The predicted molar refractivity (Wildman–Crippen MR) is 74.6 cm³/mol. The number of nitrogens with one attached hydrogen (secondary N) is 1. The summed E-state index contributed by atoms with van der Waals surface area (Å²) in [5.41, 5.74) is -0.217. The highest BCUT2D eigenvalue weighted by molar-refractivity contribution is 7.98. The lowest BCUT2D eigenvalue weighted by atomic mass is 9.92. The Balaban J connectivity index is 3.01. The molecule has 8 heteroatoms. The van der Waals surface area contributed by atoms with Gasteiger partial charge in [0.25, 0.3) is 0 Å². The number of aliphatic hydroxyl groups is 1. The van der Waals surface area contributed by atoms with E-state index in [1.807, 2.05) is 0 Å². The van der Waals surface area contributed by atoms with Crippen molar-refractivity contribution in [3.63, 3.8) is 0 Å². The second kappa shape index (κ2) is 7.56. The zero-order chi connectivity index (χ0) is 16.0. The molecule has 0 aromatic heterocycles. The van der Waals surface area contributed by atoms with Crippen LogP contribution >= 0.6 is 11.8 Å². The van der Waals surface area contributed by atoms with Gasteiger partial charge in [0.15, 0.2) is 0 Å². The maximum absolute atomic E-state index is 12.5. The van der Waals surface area contributed by atoms with E-state index in [-0.39, 0.29) is 0 Å². The van der Waals surface area contributed by atoms with E-state index in [2.05, 4.69) is 5.32 Å². The zero-order valence-corrected chi connectivity index (χ0v) is 12.0. The summed E-state index contributed by atoms with van der Waals surface area (Å²) in [6, 6.07) is 3.77. The first-order chi connectivity index (χ1) is 9.79. The lowest BCUT2D eigenvalue weighted by Gasteiger charge is -2.25. The molecule has 0 saturated heterocycles. The first kappa shape index (κ1) is 17.6. The molecule has 0 spiro atoms. The van der Waals surface area contributed by atoms with Crippen molar-refractivity contribution in [1.29, 1.82) is 0 Å². The fraction of sp³-hybridized carbons (Fsp3) is 0.462. The smallest absolute Gasteiger partial charge is 0.416 e. The monoisotopic (exact) mass is 323 g/mol. The third-order valence-electron chi connectivity index (χ3n) is 3.00. The van der Waals surface area contributed by atoms with Gasteiger partial charge in [-0.3, -0.25) is 0 Å². The molecule has 0 saturated carbocycles. The summed E-state index contributed by atoms with van der Waals surface area (Å²) in [5.74, 6) is 0.0556. The number of thioether (sulfide) groups is 1. The van der Waals surface area contributed by atoms with Gasteiger partial charge in [-0.2, -0.15) is 24.9 Å². The molecule has 0 unspecified atom stereocenters. The minimum absolute atomic E-state index is 0.414. The number of hydrogen-bond acceptors (Lipinski definition) is 3. The number of benzene rings is 1. The highest BCUT2D eigenvalue weighted by Gasteiger charge is 2.31. The largest absolute Gasteiger partial charge is 0.465 e. The van der Waals surface area contributed by atoms with E-state index < -0.39 is 36.4 Å². The van der Waals surface area contributed by atoms with Crippen molar-refractivity contribution < 1.29 is 28.2 Å². The van der Waals surface area contributed by atoms with Crippen LogP contribution in [0.5, 0.6) is 0 Å². The highest BCUT2D eigenvalue weighted by Crippen LogP contribution is 2.31. The van der Waals surface area contributed by atoms with Gasteiger partial charge in [-0.1, -0.05) is 12.1 Å². The average molecular weight is 323 g/mol. The SMILES string of the molecule is CSC[C@H](c1ccc(C(F)(F)F)cc1)[C@@H](CO)NC(=O)O. The van der Waals surface area contributed by atoms with Gasteiger partial charge in [0.2, 0.25) is 0 Å². The summed E-state index contributed by atoms with van der Waals surface area (Å²) < 4.78 is 37.6. The van der Waals surface area contributed by atoms with Crippen LogP contribution in [-0.2, 0) is 6.18 Å². The van der Waals surface area contributed by atoms with Gasteiger partial charge >= 0.3 is 12.3 Å². The summed E-state index contributed by atoms with van der Waals surface area (Å²) >= 11 is 1.42. The molecule has 0 aliphatic heterocycles. The maximum atomic E-state index is 12.5. The van der Waals surface area contributed by atoms with E-state index in [1.165, 1.54) is 23.9 Å². The Morgan fingerprint density at radius 3 is 2.29 bits per heavy atom. The second-order valence-electron chi connectivity index (χ2n) is 4.42. The topological polar surface area (TPSA) is 69.6 Å². The third kappa shape index (κ3) is 5.13. The molecule has 3 N–H and O–H groups in total. The Labute approximate surface area is 124 Å². The Bertz CT molecular complexity index is 465. The molecular weight excluding hydrogens is 307 g/mol. The standard InChI is InChI=1S/C13H16F3NO3S/c1-21-7-10(11(6-18)17-12(19)20)8-2-4-9(5-3-8)13(14,15)16/h2-5,10-11,17-18H,6-7H2,1H3,(H,19,20)/t10-,11-/m1/s1. The van der Waals surface area contributed by atoms with E-state index in [0.29, 0.717) is 11.3 Å². The Kier molecular flexibility index (Phi) is 6.35. The number of rotatable bonds is 6. The van der Waals surface area contributed by atoms with Crippen molar-refractivity contribution in [1.82, 2.24) is 5.32 Å². The normalized spacial score (nSPS) is 14.5. The van der Waals surface area contributed by atoms with Crippen LogP contribution in [0.15, 0.2) is 24.3 Å². The van der Waals surface area contributed by atoms with Crippen molar-refractivity contribution in [2.75, 3.05) is 18.6 Å². The molecule has 0 aliphatic rings. The molecule has 1 amide bonds. The second-order valence-corrected chi connectivity index (χ2v) is 5.33. The molecule has 21 heavy (non-hydrogen) atoms. The Morgan fingerprint density at radius 1 is 1.33 bits per heavy atom. The first-order valence-corrected chi connectivity index (χ1v) is 7.45. The van der Waals surface area contributed by atoms with Crippen LogP contribution in [0.2, 0.25) is 0 Å². The summed E-state index contributed by atoms with van der Waals surface area (Å²) in [4.78, 5) is 10.7. The molecule has 1 aromatic carbocycles. The van der Waals surface area contributed by atoms with Gasteiger partial charge in [0.1, 0.15) is 0 Å². The van der Waals surface area contributed by atoms with Crippen molar-refractivity contribution >= 4 is 17.9 Å². The van der Waals surface area contributed by atoms with Gasteiger partial charge in [-0.15, -0.1) is 0 Å². The number of alkyl halides is 3. The van der Waals surface area contributed by atoms with Crippen LogP contribution in [0.4, 0.5) is 18.0 Å². The average Bonchev–Trinajstić information content (AvgIpc) is 2.41. The van der Waals surface area contributed by atoms with Gasteiger partial charge < -0.3 is 15.5 Å². The first-order valence-electron chi connectivity index (χ1n) is 6.06. The molecule has 0 fully saturated rings. The minimum Gasteiger partial charge on any atom is -0.465 e. The zero-order valence-electron chi connectivity index (χ0n) is 11.2. The van der Waals surface area contributed by atoms with Crippen molar-refractivity contribution in [3.8, 4) is 0 Å². The van der Waals surface area contributed by atoms with Gasteiger partial charge in [0.05, 0.1) is 18.2 Å². The molecule has 2 atom stereocenters. The number of aliphatic hydroxyl groups excluding tert-OH is 1. The minimum atomic E-state index is -4.41. The van der Waals surface area contributed by atoms with Crippen LogP contribution in [0.25, 0.3) is 0 Å². The number of hydrogen-bond donors (Lipinski definition) is 3. The number of carbonyl (C=O) groups is 1. The van der Waals surface area contributed by atoms with Gasteiger partial charge in [-0.05, 0) is 24.0 Å². The van der Waals surface area contributed by atoms with E-state index in [1.54, 1.807) is 6.26 Å². The van der Waals surface area contributed by atoms with Crippen molar-refractivity contribution in [2.45, 2.75) is 18.1 Å². The van der Waals surface area contributed by atoms with Crippen LogP contribution in [0.1, 0.15) is 17.0 Å². The lowest BCUT2D eigenvalue weighted by Crippen LogP contribution is -2.42. The summed E-state index contributed by atoms with van der Waals surface area (Å²) in [6.45, 7) is -0.432. The van der Waals surface area contributed by atoms with E-state index in [4.69, 9.17) is 5.11 Å². The third-order valence-corrected chi connectivity index (χ3v) is 3.70. The van der Waals surface area contributed by atoms with Crippen LogP contribution in [-0.4, -0.2) is 41.0 Å².